The molecule has 5 rings (SSSR count). The SMILES string of the molecule is CCCCCCCCCC(=O)OC(C(=O)OC1CC2CCC(C1)[N+]21CCCC1)(c1ccccc1)c1ccccc1.[Cl-]. The van der Waals surface area contributed by atoms with Crippen LogP contribution in [0.5, 0.6) is 0 Å². The minimum absolute atomic E-state index is 0. The van der Waals surface area contributed by atoms with Gasteiger partial charge in [0.1, 0.15) is 6.10 Å². The van der Waals surface area contributed by atoms with E-state index >= 15 is 0 Å². The van der Waals surface area contributed by atoms with E-state index in [-0.39, 0.29) is 24.5 Å². The maximum atomic E-state index is 14.4. The van der Waals surface area contributed by atoms with Crippen molar-refractivity contribution in [3.8, 4) is 0 Å². The quantitative estimate of drug-likeness (QED) is 0.199. The molecule has 2 bridgehead atoms. The van der Waals surface area contributed by atoms with E-state index < -0.39 is 11.6 Å². The summed E-state index contributed by atoms with van der Waals surface area (Å²) >= 11 is 0. The van der Waals surface area contributed by atoms with Gasteiger partial charge in [0.15, 0.2) is 0 Å². The maximum Gasteiger partial charge on any atom is 0.360 e. The van der Waals surface area contributed by atoms with E-state index in [9.17, 15) is 9.59 Å². The van der Waals surface area contributed by atoms with Crippen LogP contribution in [0.1, 0.15) is 108 Å². The number of esters is 2. The highest BCUT2D eigenvalue weighted by atomic mass is 35.5. The fourth-order valence-electron chi connectivity index (χ4n) is 7.90. The minimum atomic E-state index is -1.61. The van der Waals surface area contributed by atoms with Gasteiger partial charge < -0.3 is 26.4 Å². The van der Waals surface area contributed by atoms with Gasteiger partial charge in [-0.05, 0) is 6.42 Å². The van der Waals surface area contributed by atoms with Crippen LogP contribution < -0.4 is 12.4 Å². The zero-order valence-electron chi connectivity index (χ0n) is 24.8. The normalized spacial score (nSPS) is 22.7. The van der Waals surface area contributed by atoms with Gasteiger partial charge >= 0.3 is 11.9 Å². The third kappa shape index (κ3) is 6.83. The largest absolute Gasteiger partial charge is 1.00 e. The Morgan fingerprint density at radius 1 is 0.780 bits per heavy atom. The number of rotatable bonds is 13. The molecule has 6 heteroatoms. The van der Waals surface area contributed by atoms with Gasteiger partial charge in [-0.15, -0.1) is 0 Å². The first-order chi connectivity index (χ1) is 19.6. The van der Waals surface area contributed by atoms with Crippen LogP contribution in [0.25, 0.3) is 0 Å². The van der Waals surface area contributed by atoms with E-state index in [1.54, 1.807) is 0 Å². The molecule has 3 aliphatic heterocycles. The fourth-order valence-corrected chi connectivity index (χ4v) is 7.90. The van der Waals surface area contributed by atoms with E-state index in [1.165, 1.54) is 68.9 Å². The average molecular weight is 582 g/mol. The number of unbranched alkanes of at least 4 members (excludes halogenated alkanes) is 6. The second kappa shape index (κ2) is 14.7. The molecule has 0 N–H and O–H groups in total. The molecule has 3 fully saturated rings. The summed E-state index contributed by atoms with van der Waals surface area (Å²) < 4.78 is 14.0. The highest BCUT2D eigenvalue weighted by Crippen LogP contribution is 2.47. The van der Waals surface area contributed by atoms with Crippen LogP contribution in [-0.2, 0) is 24.7 Å². The van der Waals surface area contributed by atoms with E-state index in [2.05, 4.69) is 6.92 Å². The zero-order chi connectivity index (χ0) is 27.8. The van der Waals surface area contributed by atoms with Crippen molar-refractivity contribution in [3.05, 3.63) is 71.8 Å². The number of halogens is 1. The lowest BCUT2D eigenvalue weighted by atomic mass is 9.85. The Labute approximate surface area is 253 Å². The van der Waals surface area contributed by atoms with Gasteiger partial charge in [-0.1, -0.05) is 106 Å². The number of benzene rings is 2. The average Bonchev–Trinajstić information content (AvgIpc) is 3.53. The summed E-state index contributed by atoms with van der Waals surface area (Å²) in [5.41, 5.74) is -0.334. The monoisotopic (exact) mass is 581 g/mol. The van der Waals surface area contributed by atoms with Gasteiger partial charge in [-0.25, -0.2) is 4.79 Å². The first kappa shape index (κ1) is 31.6. The summed E-state index contributed by atoms with van der Waals surface area (Å²) in [4.78, 5) is 27.8. The number of piperidine rings is 1. The predicted molar refractivity (Wildman–Crippen MR) is 158 cm³/mol. The summed E-state index contributed by atoms with van der Waals surface area (Å²) in [7, 11) is 0. The molecule has 2 atom stereocenters. The van der Waals surface area contributed by atoms with Gasteiger partial charge in [-0.3, -0.25) is 4.79 Å². The number of carbonyl (C=O) groups excluding carboxylic acids is 2. The Hall–Kier alpha value is -2.37. The standard InChI is InChI=1S/C35H48NO4.ClH/c1-2-3-4-5-6-7-14-21-33(37)40-35(28-17-10-8-11-18-28,29-19-12-9-13-20-29)34(38)39-32-26-30-22-23-31(27-32)36(30)24-15-16-25-36;/h8-13,17-20,30-32H,2-7,14-16,21-27H2,1H3;1H/q+1;/p-1. The van der Waals surface area contributed by atoms with Crippen LogP contribution in [-0.4, -0.2) is 47.7 Å². The molecule has 3 saturated heterocycles. The molecule has 224 valence electrons. The van der Waals surface area contributed by atoms with Gasteiger partial charge in [0, 0.05) is 56.1 Å². The molecule has 0 radical (unpaired) electrons. The molecule has 41 heavy (non-hydrogen) atoms. The molecule has 0 amide bonds. The third-order valence-electron chi connectivity index (χ3n) is 9.93. The Kier molecular flexibility index (Phi) is 11.3. The summed E-state index contributed by atoms with van der Waals surface area (Å²) in [5.74, 6) is -0.805. The van der Waals surface area contributed by atoms with Crippen LogP contribution in [0, 0.1) is 0 Å². The first-order valence-electron chi connectivity index (χ1n) is 16.0. The van der Waals surface area contributed by atoms with Crippen molar-refractivity contribution in [2.45, 2.75) is 121 Å². The van der Waals surface area contributed by atoms with Crippen molar-refractivity contribution in [2.75, 3.05) is 13.1 Å². The van der Waals surface area contributed by atoms with Gasteiger partial charge in [0.05, 0.1) is 25.2 Å². The van der Waals surface area contributed by atoms with Gasteiger partial charge in [-0.2, -0.15) is 0 Å². The van der Waals surface area contributed by atoms with E-state index in [0.717, 1.165) is 32.1 Å². The Balaban J connectivity index is 0.00000387. The molecule has 0 saturated carbocycles. The molecule has 3 aliphatic rings. The van der Waals surface area contributed by atoms with Crippen LogP contribution in [0.3, 0.4) is 0 Å². The highest BCUT2D eigenvalue weighted by molar-refractivity contribution is 5.89. The van der Waals surface area contributed by atoms with E-state index in [1.807, 2.05) is 60.7 Å². The summed E-state index contributed by atoms with van der Waals surface area (Å²) in [5, 5.41) is 0. The molecule has 2 aromatic carbocycles. The lowest BCUT2D eigenvalue weighted by Gasteiger charge is -2.47. The summed E-state index contributed by atoms with van der Waals surface area (Å²) in [6.07, 6.45) is 14.9. The van der Waals surface area contributed by atoms with Gasteiger partial charge in [0.25, 0.3) is 5.60 Å². The number of ether oxygens (including phenoxy) is 2. The number of hydrogen-bond donors (Lipinski definition) is 0. The Morgan fingerprint density at radius 3 is 1.83 bits per heavy atom. The van der Waals surface area contributed by atoms with Crippen molar-refractivity contribution in [1.82, 2.24) is 0 Å². The first-order valence-corrected chi connectivity index (χ1v) is 16.0. The number of quaternary nitrogens is 1. The van der Waals surface area contributed by atoms with E-state index in [0.29, 0.717) is 29.6 Å². The van der Waals surface area contributed by atoms with Crippen molar-refractivity contribution in [3.63, 3.8) is 0 Å². The second-order valence-corrected chi connectivity index (χ2v) is 12.4. The smallest absolute Gasteiger partial charge is 0.360 e. The third-order valence-corrected chi connectivity index (χ3v) is 9.93. The fraction of sp³-hybridized carbons (Fsp3) is 0.600. The van der Waals surface area contributed by atoms with Crippen molar-refractivity contribution < 1.29 is 36.0 Å². The molecule has 3 heterocycles. The molecular formula is C35H48ClNO4. The molecular weight excluding hydrogens is 534 g/mol. The molecule has 2 unspecified atom stereocenters. The zero-order valence-corrected chi connectivity index (χ0v) is 25.5. The van der Waals surface area contributed by atoms with Crippen LogP contribution in [0.4, 0.5) is 0 Å². The minimum Gasteiger partial charge on any atom is -1.00 e. The number of carbonyl (C=O) groups is 2. The molecule has 2 aromatic rings. The van der Waals surface area contributed by atoms with Crippen LogP contribution in [0.15, 0.2) is 60.7 Å². The lowest BCUT2D eigenvalue weighted by Crippen LogP contribution is -3.00. The molecule has 0 aliphatic carbocycles. The second-order valence-electron chi connectivity index (χ2n) is 12.4. The molecule has 1 spiro atoms. The molecule has 5 nitrogen and oxygen atoms in total. The van der Waals surface area contributed by atoms with Crippen molar-refractivity contribution >= 4 is 11.9 Å². The lowest BCUT2D eigenvalue weighted by molar-refractivity contribution is -0.956. The maximum absolute atomic E-state index is 14.4. The van der Waals surface area contributed by atoms with Crippen LogP contribution >= 0.6 is 0 Å². The summed E-state index contributed by atoms with van der Waals surface area (Å²) in [6.45, 7) is 4.78. The van der Waals surface area contributed by atoms with Gasteiger partial charge in [0.2, 0.25) is 0 Å². The Morgan fingerprint density at radius 2 is 1.29 bits per heavy atom. The van der Waals surface area contributed by atoms with Crippen LogP contribution in [0.2, 0.25) is 0 Å². The van der Waals surface area contributed by atoms with Crippen molar-refractivity contribution in [1.29, 1.82) is 0 Å². The Bertz CT molecular complexity index is 1050. The number of nitrogens with zero attached hydrogens (tertiary/aromatic N) is 1. The topological polar surface area (TPSA) is 52.6 Å². The molecule has 0 aromatic heterocycles. The number of hydrogen-bond acceptors (Lipinski definition) is 4. The van der Waals surface area contributed by atoms with E-state index in [4.69, 9.17) is 9.47 Å². The van der Waals surface area contributed by atoms with Crippen molar-refractivity contribution in [2.24, 2.45) is 0 Å². The highest BCUT2D eigenvalue weighted by Gasteiger charge is 2.57. The summed E-state index contributed by atoms with van der Waals surface area (Å²) in [6, 6.07) is 20.1. The predicted octanol–water partition coefficient (Wildman–Crippen LogP) is 4.47.